The number of hydrazine groups is 1. The number of anilines is 2. The van der Waals surface area contributed by atoms with E-state index in [1.807, 2.05) is 31.8 Å². The number of hydrogen-bond donors (Lipinski definition) is 1. The summed E-state index contributed by atoms with van der Waals surface area (Å²) >= 11 is 1.54. The third kappa shape index (κ3) is 10.4. The normalized spacial score (nSPS) is 13.8. The van der Waals surface area contributed by atoms with Crippen molar-refractivity contribution in [2.24, 2.45) is 0 Å². The number of ether oxygens (including phenoxy) is 1. The van der Waals surface area contributed by atoms with Crippen LogP contribution in [0.15, 0.2) is 79.1 Å². The maximum Gasteiger partial charge on any atom is 0.416 e. The predicted molar refractivity (Wildman–Crippen MR) is 192 cm³/mol. The van der Waals surface area contributed by atoms with E-state index in [-0.39, 0.29) is 35.2 Å². The fourth-order valence-corrected chi connectivity index (χ4v) is 6.45. The quantitative estimate of drug-likeness (QED) is 0.0928. The number of carbonyl (C=O) groups excluding carboxylic acids is 3. The molecule has 5 rings (SSSR count). The van der Waals surface area contributed by atoms with Crippen molar-refractivity contribution in [2.45, 2.75) is 64.0 Å². The number of alkyl halides is 3. The summed E-state index contributed by atoms with van der Waals surface area (Å²) in [5, 5.41) is 5.80. The number of amides is 2. The van der Waals surface area contributed by atoms with Crippen molar-refractivity contribution in [1.82, 2.24) is 15.0 Å². The largest absolute Gasteiger partial charge is 0.460 e. The minimum Gasteiger partial charge on any atom is -0.460 e. The van der Waals surface area contributed by atoms with Gasteiger partial charge in [0.2, 0.25) is 5.95 Å². The molecule has 1 saturated heterocycles. The van der Waals surface area contributed by atoms with Crippen LogP contribution in [0.5, 0.6) is 0 Å². The van der Waals surface area contributed by atoms with E-state index in [0.717, 1.165) is 43.0 Å². The van der Waals surface area contributed by atoms with E-state index in [1.54, 1.807) is 18.2 Å². The first-order chi connectivity index (χ1) is 24.7. The van der Waals surface area contributed by atoms with Crippen molar-refractivity contribution < 1.29 is 36.7 Å². The topological polar surface area (TPSA) is 105 Å². The van der Waals surface area contributed by atoms with E-state index in [2.05, 4.69) is 15.3 Å². The van der Waals surface area contributed by atoms with Gasteiger partial charge in [-0.05, 0) is 87.2 Å². The third-order valence-corrected chi connectivity index (χ3v) is 8.98. The molecule has 14 heteroatoms. The number of hydrogen-bond acceptors (Lipinski definition) is 8. The molecule has 4 aromatic rings. The Labute approximate surface area is 303 Å². The Morgan fingerprint density at radius 3 is 2.31 bits per heavy atom. The van der Waals surface area contributed by atoms with Gasteiger partial charge in [0.15, 0.2) is 0 Å². The Kier molecular flexibility index (Phi) is 12.3. The zero-order valence-corrected chi connectivity index (χ0v) is 29.8. The average molecular weight is 738 g/mol. The summed E-state index contributed by atoms with van der Waals surface area (Å²) in [4.78, 5) is 48.3. The lowest BCUT2D eigenvalue weighted by Gasteiger charge is -2.38. The van der Waals surface area contributed by atoms with Crippen LogP contribution in [0.3, 0.4) is 0 Å². The number of carbonyl (C=O) groups is 3. The van der Waals surface area contributed by atoms with Gasteiger partial charge < -0.3 is 4.74 Å². The molecule has 274 valence electrons. The SMILES string of the molecule is CC(C)(C)OC(=O)CCSCc1cccc(C(=O)N(c2ccc(F)cc2C(=O)Nc2ncc(-c3cccc(C(F)(F)F)c3)cn2)N2CCCCC2)c1. The molecule has 3 aromatic carbocycles. The standard InChI is InChI=1S/C38H39F4N5O4S/c1-37(2,3)51-33(48)15-18-52-24-25-9-7-11-27(19-25)35(50)47(46-16-5-4-6-17-46)32-14-13-30(39)21-31(32)34(49)45-36-43-22-28(23-44-36)26-10-8-12-29(20-26)38(40,41)42/h7-14,19-23H,4-6,15-18,24H2,1-3H3,(H,43,44,45,49). The number of thioether (sulfide) groups is 1. The van der Waals surface area contributed by atoms with Gasteiger partial charge in [-0.25, -0.2) is 24.4 Å². The van der Waals surface area contributed by atoms with Crippen molar-refractivity contribution in [1.29, 1.82) is 0 Å². The third-order valence-electron chi connectivity index (χ3n) is 7.95. The Hall–Kier alpha value is -4.82. The van der Waals surface area contributed by atoms with Gasteiger partial charge in [-0.2, -0.15) is 24.9 Å². The lowest BCUT2D eigenvalue weighted by Crippen LogP contribution is -2.50. The number of nitrogens with zero attached hydrogens (tertiary/aromatic N) is 4. The highest BCUT2D eigenvalue weighted by Gasteiger charge is 2.32. The molecule has 1 aliphatic rings. The van der Waals surface area contributed by atoms with Crippen LogP contribution in [0.4, 0.5) is 29.2 Å². The second-order valence-corrected chi connectivity index (χ2v) is 14.3. The van der Waals surface area contributed by atoms with E-state index < -0.39 is 35.0 Å². The summed E-state index contributed by atoms with van der Waals surface area (Å²) < 4.78 is 59.8. The molecule has 0 bridgehead atoms. The van der Waals surface area contributed by atoms with Gasteiger partial charge in [0, 0.05) is 48.1 Å². The van der Waals surface area contributed by atoms with E-state index in [4.69, 9.17) is 4.74 Å². The van der Waals surface area contributed by atoms with E-state index in [1.165, 1.54) is 53.4 Å². The van der Waals surface area contributed by atoms with Gasteiger partial charge in [-0.3, -0.25) is 19.7 Å². The van der Waals surface area contributed by atoms with Crippen molar-refractivity contribution in [2.75, 3.05) is 29.2 Å². The maximum absolute atomic E-state index is 14.7. The number of halogens is 4. The van der Waals surface area contributed by atoms with Crippen molar-refractivity contribution >= 4 is 41.2 Å². The molecular weight excluding hydrogens is 699 g/mol. The van der Waals surface area contributed by atoms with Crippen LogP contribution in [-0.4, -0.2) is 57.2 Å². The summed E-state index contributed by atoms with van der Waals surface area (Å²) in [6.07, 6.45) is 0.875. The monoisotopic (exact) mass is 737 g/mol. The second-order valence-electron chi connectivity index (χ2n) is 13.2. The first-order valence-corrected chi connectivity index (χ1v) is 17.9. The first-order valence-electron chi connectivity index (χ1n) is 16.8. The fraction of sp³-hybridized carbons (Fsp3) is 0.342. The minimum atomic E-state index is -4.52. The van der Waals surface area contributed by atoms with Crippen molar-refractivity contribution in [3.8, 4) is 11.1 Å². The summed E-state index contributed by atoms with van der Waals surface area (Å²) in [6, 6.07) is 15.4. The smallest absolute Gasteiger partial charge is 0.416 e. The summed E-state index contributed by atoms with van der Waals surface area (Å²) in [5.41, 5.74) is 0.387. The number of esters is 1. The Morgan fingerprint density at radius 1 is 0.904 bits per heavy atom. The molecule has 1 N–H and O–H groups in total. The van der Waals surface area contributed by atoms with Crippen LogP contribution in [0, 0.1) is 5.82 Å². The Bertz CT molecular complexity index is 1890. The average Bonchev–Trinajstić information content (AvgIpc) is 3.10. The van der Waals surface area contributed by atoms with Crippen LogP contribution in [0.1, 0.15) is 78.3 Å². The van der Waals surface area contributed by atoms with Crippen LogP contribution in [0.25, 0.3) is 11.1 Å². The molecular formula is C38H39F4N5O4S. The molecule has 0 aliphatic carbocycles. The number of nitrogens with one attached hydrogen (secondary N) is 1. The maximum atomic E-state index is 14.7. The molecule has 0 unspecified atom stereocenters. The van der Waals surface area contributed by atoms with Crippen LogP contribution in [-0.2, 0) is 21.5 Å². The summed E-state index contributed by atoms with van der Waals surface area (Å²) in [7, 11) is 0. The molecule has 0 saturated carbocycles. The highest BCUT2D eigenvalue weighted by Crippen LogP contribution is 2.32. The summed E-state index contributed by atoms with van der Waals surface area (Å²) in [5.74, 6) is -1.26. The molecule has 0 atom stereocenters. The van der Waals surface area contributed by atoms with Gasteiger partial charge >= 0.3 is 12.1 Å². The molecule has 1 fully saturated rings. The molecule has 52 heavy (non-hydrogen) atoms. The number of rotatable bonds is 11. The molecule has 2 heterocycles. The van der Waals surface area contributed by atoms with Gasteiger partial charge in [0.1, 0.15) is 11.4 Å². The van der Waals surface area contributed by atoms with Crippen LogP contribution in [0.2, 0.25) is 0 Å². The van der Waals surface area contributed by atoms with E-state index in [0.29, 0.717) is 35.7 Å². The fourth-order valence-electron chi connectivity index (χ4n) is 5.58. The Balaban J connectivity index is 1.36. The minimum absolute atomic E-state index is 0.140. The predicted octanol–water partition coefficient (Wildman–Crippen LogP) is 8.57. The van der Waals surface area contributed by atoms with Crippen molar-refractivity contribution in [3.05, 3.63) is 107 Å². The number of aromatic nitrogens is 2. The van der Waals surface area contributed by atoms with Crippen molar-refractivity contribution in [3.63, 3.8) is 0 Å². The number of benzene rings is 3. The second kappa shape index (κ2) is 16.7. The molecule has 2 amide bonds. The molecule has 9 nitrogen and oxygen atoms in total. The van der Waals surface area contributed by atoms with Gasteiger partial charge in [-0.1, -0.05) is 30.7 Å². The highest BCUT2D eigenvalue weighted by atomic mass is 32.2. The van der Waals surface area contributed by atoms with Gasteiger partial charge in [0.25, 0.3) is 11.8 Å². The first kappa shape index (κ1) is 38.4. The Morgan fingerprint density at radius 2 is 1.62 bits per heavy atom. The van der Waals surface area contributed by atoms with Gasteiger partial charge in [0.05, 0.1) is 23.2 Å². The van der Waals surface area contributed by atoms with Crippen LogP contribution >= 0.6 is 11.8 Å². The summed E-state index contributed by atoms with van der Waals surface area (Å²) in [6.45, 7) is 6.51. The zero-order chi connectivity index (χ0) is 37.5. The molecule has 0 radical (unpaired) electrons. The highest BCUT2D eigenvalue weighted by molar-refractivity contribution is 7.98. The van der Waals surface area contributed by atoms with E-state index >= 15 is 0 Å². The molecule has 1 aromatic heterocycles. The van der Waals surface area contributed by atoms with Gasteiger partial charge in [-0.15, -0.1) is 0 Å². The molecule has 0 spiro atoms. The molecule has 1 aliphatic heterocycles. The lowest BCUT2D eigenvalue weighted by atomic mass is 10.1. The lowest BCUT2D eigenvalue weighted by molar-refractivity contribution is -0.154. The zero-order valence-electron chi connectivity index (χ0n) is 29.0. The number of piperidine rings is 1. The van der Waals surface area contributed by atoms with Crippen LogP contribution < -0.4 is 10.3 Å². The van der Waals surface area contributed by atoms with E-state index in [9.17, 15) is 31.9 Å².